The normalized spacial score (nSPS) is 9.17. The molecule has 0 aliphatic carbocycles. The Morgan fingerprint density at radius 3 is 2.33 bits per heavy atom. The van der Waals surface area contributed by atoms with E-state index in [1.54, 1.807) is 6.92 Å². The molecule has 0 aliphatic heterocycles. The summed E-state index contributed by atoms with van der Waals surface area (Å²) < 4.78 is 4.55. The van der Waals surface area contributed by atoms with Crippen LogP contribution in [-0.2, 0) is 14.6 Å². The van der Waals surface area contributed by atoms with Gasteiger partial charge in [0.2, 0.25) is 0 Å². The summed E-state index contributed by atoms with van der Waals surface area (Å²) >= 11 is 0. The Morgan fingerprint density at radius 1 is 1.42 bits per heavy atom. The standard InChI is InChI=1S/C7H12NO4/c1-3-8(7(10)11)4-5-12-6(2)9/h3-5H2,1-2H3. The van der Waals surface area contributed by atoms with E-state index in [0.29, 0.717) is 6.54 Å². The average molecular weight is 174 g/mol. The highest BCUT2D eigenvalue weighted by Gasteiger charge is 2.10. The minimum Gasteiger partial charge on any atom is -0.464 e. The van der Waals surface area contributed by atoms with Gasteiger partial charge in [-0.15, -0.1) is 0 Å². The van der Waals surface area contributed by atoms with Crippen molar-refractivity contribution in [2.75, 3.05) is 19.7 Å². The van der Waals surface area contributed by atoms with Crippen molar-refractivity contribution in [2.45, 2.75) is 13.8 Å². The van der Waals surface area contributed by atoms with E-state index in [-0.39, 0.29) is 13.2 Å². The highest BCUT2D eigenvalue weighted by molar-refractivity contribution is 5.66. The number of ether oxygens (including phenoxy) is 1. The van der Waals surface area contributed by atoms with Crippen molar-refractivity contribution in [3.05, 3.63) is 0 Å². The molecule has 0 unspecified atom stereocenters. The van der Waals surface area contributed by atoms with E-state index in [4.69, 9.17) is 0 Å². The van der Waals surface area contributed by atoms with Crippen molar-refractivity contribution in [3.8, 4) is 0 Å². The second-order valence-electron chi connectivity index (χ2n) is 2.19. The summed E-state index contributed by atoms with van der Waals surface area (Å²) in [5.74, 6) is -0.413. The lowest BCUT2D eigenvalue weighted by atomic mass is 10.5. The fraction of sp³-hybridized carbons (Fsp3) is 0.714. The quantitative estimate of drug-likeness (QED) is 0.580. The fourth-order valence-corrected chi connectivity index (χ4v) is 0.678. The summed E-state index contributed by atoms with van der Waals surface area (Å²) in [6.45, 7) is 3.54. The first-order valence-electron chi connectivity index (χ1n) is 3.67. The monoisotopic (exact) mass is 174 g/mol. The van der Waals surface area contributed by atoms with Gasteiger partial charge in [-0.05, 0) is 6.92 Å². The highest BCUT2D eigenvalue weighted by Crippen LogP contribution is 1.89. The van der Waals surface area contributed by atoms with Crippen molar-refractivity contribution in [2.24, 2.45) is 0 Å². The summed E-state index contributed by atoms with van der Waals surface area (Å²) in [5.41, 5.74) is 0. The number of nitrogens with zero attached hydrogens (tertiary/aromatic N) is 1. The number of rotatable bonds is 4. The van der Waals surface area contributed by atoms with Crippen LogP contribution in [-0.4, -0.2) is 36.7 Å². The van der Waals surface area contributed by atoms with Gasteiger partial charge in [0, 0.05) is 13.5 Å². The molecule has 0 aliphatic rings. The maximum atomic E-state index is 10.3. The molecule has 0 spiro atoms. The predicted octanol–water partition coefficient (Wildman–Crippen LogP) is 0.422. The van der Waals surface area contributed by atoms with Crippen LogP contribution in [0.2, 0.25) is 0 Å². The fourth-order valence-electron chi connectivity index (χ4n) is 0.678. The van der Waals surface area contributed by atoms with Gasteiger partial charge < -0.3 is 9.64 Å². The molecule has 0 rings (SSSR count). The molecule has 1 amide bonds. The molecule has 0 aromatic rings. The zero-order valence-electron chi connectivity index (χ0n) is 7.20. The molecule has 69 valence electrons. The Labute approximate surface area is 70.9 Å². The Morgan fingerprint density at radius 2 is 2.00 bits per heavy atom. The molecule has 0 aromatic carbocycles. The zero-order valence-corrected chi connectivity index (χ0v) is 7.20. The van der Waals surface area contributed by atoms with Crippen LogP contribution >= 0.6 is 0 Å². The molecule has 0 bridgehead atoms. The van der Waals surface area contributed by atoms with Gasteiger partial charge in [0.1, 0.15) is 6.61 Å². The summed E-state index contributed by atoms with van der Waals surface area (Å²) in [6, 6.07) is 0. The van der Waals surface area contributed by atoms with Gasteiger partial charge >= 0.3 is 12.1 Å². The smallest absolute Gasteiger partial charge is 0.453 e. The average Bonchev–Trinajstić information content (AvgIpc) is 1.96. The van der Waals surface area contributed by atoms with Crippen LogP contribution in [0.1, 0.15) is 13.8 Å². The molecule has 0 aromatic heterocycles. The Balaban J connectivity index is 3.59. The van der Waals surface area contributed by atoms with Crippen LogP contribution in [0.15, 0.2) is 0 Å². The van der Waals surface area contributed by atoms with Crippen molar-refractivity contribution in [1.29, 1.82) is 0 Å². The molecule has 5 nitrogen and oxygen atoms in total. The molecule has 0 atom stereocenters. The number of likely N-dealkylation sites (N-methyl/N-ethyl adjacent to an activating group) is 1. The molecular weight excluding hydrogens is 162 g/mol. The van der Waals surface area contributed by atoms with E-state index >= 15 is 0 Å². The highest BCUT2D eigenvalue weighted by atomic mass is 16.5. The second kappa shape index (κ2) is 5.40. The summed E-state index contributed by atoms with van der Waals surface area (Å²) in [4.78, 5) is 21.6. The van der Waals surface area contributed by atoms with Crippen LogP contribution in [0.4, 0.5) is 4.79 Å². The van der Waals surface area contributed by atoms with Crippen molar-refractivity contribution >= 4 is 12.1 Å². The van der Waals surface area contributed by atoms with Gasteiger partial charge in [-0.3, -0.25) is 4.79 Å². The zero-order chi connectivity index (χ0) is 9.56. The van der Waals surface area contributed by atoms with Gasteiger partial charge in [-0.25, -0.2) is 9.90 Å². The third-order valence-electron chi connectivity index (χ3n) is 1.31. The minimum atomic E-state index is -1.25. The van der Waals surface area contributed by atoms with Crippen LogP contribution in [0.5, 0.6) is 0 Å². The van der Waals surface area contributed by atoms with Gasteiger partial charge in [-0.2, -0.15) is 0 Å². The Kier molecular flexibility index (Phi) is 4.83. The molecule has 1 radical (unpaired) electrons. The molecule has 0 saturated carbocycles. The van der Waals surface area contributed by atoms with Crippen molar-refractivity contribution < 1.29 is 19.4 Å². The number of carbonyl (C=O) groups excluding carboxylic acids is 2. The largest absolute Gasteiger partial charge is 0.464 e. The van der Waals surface area contributed by atoms with E-state index in [0.717, 1.165) is 4.90 Å². The van der Waals surface area contributed by atoms with Crippen LogP contribution in [0.25, 0.3) is 0 Å². The lowest BCUT2D eigenvalue weighted by Gasteiger charge is -2.14. The summed E-state index contributed by atoms with van der Waals surface area (Å²) in [6.07, 6.45) is -1.25. The third kappa shape index (κ3) is 4.54. The first kappa shape index (κ1) is 10.7. The van der Waals surface area contributed by atoms with Gasteiger partial charge in [0.25, 0.3) is 0 Å². The summed E-state index contributed by atoms with van der Waals surface area (Å²) in [5, 5.41) is 10.3. The molecular formula is C7H12NO4. The molecule has 0 fully saturated rings. The van der Waals surface area contributed by atoms with Gasteiger partial charge in [0.05, 0.1) is 6.54 Å². The topological polar surface area (TPSA) is 66.5 Å². The molecule has 5 heteroatoms. The maximum absolute atomic E-state index is 10.3. The van der Waals surface area contributed by atoms with Crippen LogP contribution in [0.3, 0.4) is 0 Å². The lowest BCUT2D eigenvalue weighted by Crippen LogP contribution is -2.32. The third-order valence-corrected chi connectivity index (χ3v) is 1.31. The Bertz CT molecular complexity index is 169. The molecule has 0 saturated heterocycles. The molecule has 0 heterocycles. The van der Waals surface area contributed by atoms with Crippen LogP contribution in [0, 0.1) is 0 Å². The van der Waals surface area contributed by atoms with Crippen LogP contribution < -0.4 is 0 Å². The minimum absolute atomic E-state index is 0.0805. The maximum Gasteiger partial charge on any atom is 0.453 e. The second-order valence-corrected chi connectivity index (χ2v) is 2.19. The molecule has 0 N–H and O–H groups in total. The predicted molar refractivity (Wildman–Crippen MR) is 40.0 cm³/mol. The number of hydrogen-bond donors (Lipinski definition) is 0. The lowest BCUT2D eigenvalue weighted by molar-refractivity contribution is -0.141. The number of amides is 1. The molecule has 12 heavy (non-hydrogen) atoms. The SMILES string of the molecule is CCN(CCOC(C)=O)C([O])=O. The number of esters is 1. The van der Waals surface area contributed by atoms with Gasteiger partial charge in [-0.1, -0.05) is 0 Å². The first-order valence-corrected chi connectivity index (χ1v) is 3.67. The van der Waals surface area contributed by atoms with E-state index < -0.39 is 12.1 Å². The number of carbonyl (C=O) groups is 2. The van der Waals surface area contributed by atoms with E-state index in [1.165, 1.54) is 6.92 Å². The Hall–Kier alpha value is -1.26. The van der Waals surface area contributed by atoms with Crippen molar-refractivity contribution in [3.63, 3.8) is 0 Å². The summed E-state index contributed by atoms with van der Waals surface area (Å²) in [7, 11) is 0. The van der Waals surface area contributed by atoms with Crippen molar-refractivity contribution in [1.82, 2.24) is 4.90 Å². The van der Waals surface area contributed by atoms with E-state index in [1.807, 2.05) is 0 Å². The number of hydrogen-bond acceptors (Lipinski definition) is 3. The van der Waals surface area contributed by atoms with Gasteiger partial charge in [0.15, 0.2) is 0 Å². The van der Waals surface area contributed by atoms with E-state index in [2.05, 4.69) is 4.74 Å². The first-order chi connectivity index (χ1) is 5.57. The van der Waals surface area contributed by atoms with E-state index in [9.17, 15) is 14.7 Å².